The van der Waals surface area contributed by atoms with Gasteiger partial charge < -0.3 is 25.8 Å². The highest BCUT2D eigenvalue weighted by molar-refractivity contribution is 5.86. The molecule has 0 bridgehead atoms. The zero-order chi connectivity index (χ0) is 28.3. The normalized spacial score (nSPS) is 17.6. The molecule has 40 heavy (non-hydrogen) atoms. The van der Waals surface area contributed by atoms with E-state index >= 15 is 0 Å². The Kier molecular flexibility index (Phi) is 8.41. The van der Waals surface area contributed by atoms with E-state index in [1.807, 2.05) is 9.58 Å². The fourth-order valence-electron chi connectivity index (χ4n) is 5.55. The van der Waals surface area contributed by atoms with Crippen molar-refractivity contribution in [3.05, 3.63) is 35.5 Å². The lowest BCUT2D eigenvalue weighted by Gasteiger charge is -2.36. The number of nitrogens with zero attached hydrogens (tertiary/aromatic N) is 6. The number of amides is 1. The van der Waals surface area contributed by atoms with Gasteiger partial charge in [0.15, 0.2) is 5.82 Å². The highest BCUT2D eigenvalue weighted by Crippen LogP contribution is 2.46. The minimum atomic E-state index is -0.0997. The largest absolute Gasteiger partial charge is 0.496 e. The smallest absolute Gasteiger partial charge is 0.228 e. The van der Waals surface area contributed by atoms with Crippen LogP contribution in [0.1, 0.15) is 57.1 Å². The van der Waals surface area contributed by atoms with Crippen LogP contribution in [0.15, 0.2) is 24.4 Å². The van der Waals surface area contributed by atoms with Crippen molar-refractivity contribution in [3.63, 3.8) is 0 Å². The third-order valence-electron chi connectivity index (χ3n) is 8.21. The molecule has 4 N–H and O–H groups in total. The summed E-state index contributed by atoms with van der Waals surface area (Å²) in [6.07, 6.45) is 6.25. The molecule has 2 aliphatic rings. The molecule has 1 aliphatic heterocycles. The summed E-state index contributed by atoms with van der Waals surface area (Å²) in [5.74, 6) is 1.93. The first kappa shape index (κ1) is 28.1. The maximum atomic E-state index is 12.7. The highest BCUT2D eigenvalue weighted by Gasteiger charge is 2.47. The Balaban J connectivity index is 1.29. The van der Waals surface area contributed by atoms with Gasteiger partial charge in [0.1, 0.15) is 16.8 Å². The summed E-state index contributed by atoms with van der Waals surface area (Å²) in [5.41, 5.74) is 9.50. The number of carbonyl (C=O) groups excluding carboxylic acids is 1. The van der Waals surface area contributed by atoms with Gasteiger partial charge in [-0.15, -0.1) is 0 Å². The van der Waals surface area contributed by atoms with Crippen LogP contribution >= 0.6 is 0 Å². The van der Waals surface area contributed by atoms with E-state index in [0.717, 1.165) is 75.2 Å². The lowest BCUT2D eigenvalue weighted by atomic mass is 10.1. The van der Waals surface area contributed by atoms with Crippen LogP contribution in [-0.2, 0) is 17.9 Å². The molecule has 1 aliphatic carbocycles. The summed E-state index contributed by atoms with van der Waals surface area (Å²) in [6.45, 7) is 8.91. The fourth-order valence-corrected chi connectivity index (χ4v) is 5.55. The molecule has 11 heteroatoms. The van der Waals surface area contributed by atoms with Crippen LogP contribution in [0.3, 0.4) is 0 Å². The van der Waals surface area contributed by atoms with Crippen molar-refractivity contribution in [2.45, 2.75) is 65.1 Å². The lowest BCUT2D eigenvalue weighted by Crippen LogP contribution is -2.50. The number of fused-ring (bicyclic) bond motifs is 1. The molecule has 1 saturated carbocycles. The van der Waals surface area contributed by atoms with Crippen molar-refractivity contribution in [2.24, 2.45) is 5.41 Å². The van der Waals surface area contributed by atoms with E-state index in [1.165, 1.54) is 5.56 Å². The molecule has 0 spiro atoms. The number of hydrogen-bond acceptors (Lipinski definition) is 9. The van der Waals surface area contributed by atoms with Crippen molar-refractivity contribution in [1.82, 2.24) is 29.5 Å². The molecule has 5 rings (SSSR count). The number of nitrogen functional groups attached to an aromatic ring is 1. The van der Waals surface area contributed by atoms with Crippen molar-refractivity contribution in [2.75, 3.05) is 50.9 Å². The van der Waals surface area contributed by atoms with E-state index in [4.69, 9.17) is 10.5 Å². The number of carbonyl (C=O) groups is 1. The van der Waals surface area contributed by atoms with Crippen LogP contribution in [0.2, 0.25) is 0 Å². The van der Waals surface area contributed by atoms with Crippen LogP contribution in [0.5, 0.6) is 5.75 Å². The first-order chi connectivity index (χ1) is 19.3. The maximum Gasteiger partial charge on any atom is 0.228 e. The van der Waals surface area contributed by atoms with E-state index in [-0.39, 0.29) is 24.0 Å². The number of benzene rings is 1. The lowest BCUT2D eigenvalue weighted by molar-refractivity contribution is -0.138. The summed E-state index contributed by atoms with van der Waals surface area (Å²) in [5, 5.41) is 17.6. The van der Waals surface area contributed by atoms with Crippen LogP contribution in [0.25, 0.3) is 11.0 Å². The molecular formula is C29H42N8O3. The third-order valence-corrected chi connectivity index (χ3v) is 8.21. The second-order valence-electron chi connectivity index (χ2n) is 11.4. The SMILES string of the molecule is CCC[C@@H](CCO)Nc1nc(N)nc2cnn(Cc3ccc(CN4CCN(C(=O)C5(C)CC5)CC4)cc3OC)c12. The topological polar surface area (TPSA) is 135 Å². The Labute approximate surface area is 235 Å². The van der Waals surface area contributed by atoms with Gasteiger partial charge in [0.05, 0.1) is 19.9 Å². The van der Waals surface area contributed by atoms with Crippen LogP contribution < -0.4 is 15.8 Å². The van der Waals surface area contributed by atoms with Crippen molar-refractivity contribution in [3.8, 4) is 5.75 Å². The third kappa shape index (κ3) is 6.15. The Morgan fingerprint density at radius 3 is 2.62 bits per heavy atom. The molecule has 0 unspecified atom stereocenters. The molecule has 3 aromatic rings. The Hall–Kier alpha value is -3.44. The summed E-state index contributed by atoms with van der Waals surface area (Å²) < 4.78 is 7.67. The van der Waals surface area contributed by atoms with Gasteiger partial charge >= 0.3 is 0 Å². The number of ether oxygens (including phenoxy) is 1. The van der Waals surface area contributed by atoms with Gasteiger partial charge in [-0.3, -0.25) is 14.4 Å². The number of methoxy groups -OCH3 is 1. The molecule has 1 amide bonds. The maximum absolute atomic E-state index is 12.7. The van der Waals surface area contributed by atoms with Gasteiger partial charge in [-0.05, 0) is 37.3 Å². The van der Waals surface area contributed by atoms with Gasteiger partial charge in [0, 0.05) is 56.4 Å². The zero-order valence-electron chi connectivity index (χ0n) is 23.9. The first-order valence-corrected chi connectivity index (χ1v) is 14.4. The Morgan fingerprint density at radius 2 is 1.95 bits per heavy atom. The number of anilines is 2. The number of nitrogens with two attached hydrogens (primary N) is 1. The number of rotatable bonds is 12. The van der Waals surface area contributed by atoms with Gasteiger partial charge in [0.2, 0.25) is 11.9 Å². The summed E-state index contributed by atoms with van der Waals surface area (Å²) in [7, 11) is 1.69. The molecule has 1 aromatic carbocycles. The number of aliphatic hydroxyl groups is 1. The molecule has 1 atom stereocenters. The van der Waals surface area contributed by atoms with E-state index in [2.05, 4.69) is 57.3 Å². The number of aromatic nitrogens is 4. The molecule has 11 nitrogen and oxygen atoms in total. The molecule has 1 saturated heterocycles. The molecule has 2 aromatic heterocycles. The molecule has 216 valence electrons. The molecule has 0 radical (unpaired) electrons. The van der Waals surface area contributed by atoms with Crippen LogP contribution in [0, 0.1) is 5.41 Å². The first-order valence-electron chi connectivity index (χ1n) is 14.4. The van der Waals surface area contributed by atoms with E-state index in [9.17, 15) is 9.90 Å². The van der Waals surface area contributed by atoms with Gasteiger partial charge in [0.25, 0.3) is 0 Å². The van der Waals surface area contributed by atoms with Crippen LogP contribution in [-0.4, -0.2) is 86.5 Å². The molecule has 3 heterocycles. The monoisotopic (exact) mass is 550 g/mol. The fraction of sp³-hybridized carbons (Fsp3) is 0.586. The van der Waals surface area contributed by atoms with Crippen molar-refractivity contribution in [1.29, 1.82) is 0 Å². The van der Waals surface area contributed by atoms with Crippen LogP contribution in [0.4, 0.5) is 11.8 Å². The second-order valence-corrected chi connectivity index (χ2v) is 11.4. The molecular weight excluding hydrogens is 508 g/mol. The summed E-state index contributed by atoms with van der Waals surface area (Å²) in [6, 6.07) is 6.39. The van der Waals surface area contributed by atoms with Gasteiger partial charge in [-0.25, -0.2) is 4.98 Å². The predicted molar refractivity (Wildman–Crippen MR) is 155 cm³/mol. The molecule has 2 fully saturated rings. The second kappa shape index (κ2) is 12.0. The number of piperazine rings is 1. The quantitative estimate of drug-likeness (QED) is 0.311. The number of aliphatic hydroxyl groups excluding tert-OH is 1. The van der Waals surface area contributed by atoms with Gasteiger partial charge in [-0.1, -0.05) is 32.4 Å². The van der Waals surface area contributed by atoms with E-state index < -0.39 is 0 Å². The average Bonchev–Trinajstić information content (AvgIpc) is 3.58. The van der Waals surface area contributed by atoms with E-state index in [1.54, 1.807) is 13.3 Å². The van der Waals surface area contributed by atoms with Crippen molar-refractivity contribution < 1.29 is 14.6 Å². The minimum Gasteiger partial charge on any atom is -0.496 e. The number of nitrogens with one attached hydrogen (secondary N) is 1. The summed E-state index contributed by atoms with van der Waals surface area (Å²) in [4.78, 5) is 26.0. The zero-order valence-corrected chi connectivity index (χ0v) is 23.9. The highest BCUT2D eigenvalue weighted by atomic mass is 16.5. The summed E-state index contributed by atoms with van der Waals surface area (Å²) >= 11 is 0. The number of hydrogen-bond donors (Lipinski definition) is 3. The van der Waals surface area contributed by atoms with E-state index in [0.29, 0.717) is 30.2 Å². The average molecular weight is 551 g/mol. The minimum absolute atomic E-state index is 0.0708. The standard InChI is InChI=1S/C29H42N8O3/c1-4-5-22(8-15-38)32-26-25-23(33-28(30)34-26)17-31-37(25)19-21-7-6-20(16-24(21)40-3)18-35-11-13-36(14-12-35)27(39)29(2)9-10-29/h6-7,16-17,22,38H,4-5,8-15,18-19H2,1-3H3,(H3,30,32,33,34)/t22-/m0/s1. The Morgan fingerprint density at radius 1 is 1.18 bits per heavy atom. The Bertz CT molecular complexity index is 1320. The van der Waals surface area contributed by atoms with Crippen molar-refractivity contribution >= 4 is 28.7 Å². The predicted octanol–water partition coefficient (Wildman–Crippen LogP) is 2.87. The van der Waals surface area contributed by atoms with Gasteiger partial charge in [-0.2, -0.15) is 10.1 Å².